The molecule has 0 unspecified atom stereocenters. The molecule has 1 aromatic carbocycles. The lowest BCUT2D eigenvalue weighted by atomic mass is 10.1. The van der Waals surface area contributed by atoms with Crippen LogP contribution in [0.25, 0.3) is 22.4 Å². The van der Waals surface area contributed by atoms with Gasteiger partial charge in [-0.05, 0) is 27.2 Å². The highest BCUT2D eigenvalue weighted by molar-refractivity contribution is 6.00. The Morgan fingerprint density at radius 3 is 2.48 bits per heavy atom. The van der Waals surface area contributed by atoms with E-state index in [1.54, 1.807) is 12.1 Å². The van der Waals surface area contributed by atoms with Crippen molar-refractivity contribution in [3.05, 3.63) is 52.6 Å². The van der Waals surface area contributed by atoms with Gasteiger partial charge in [0.15, 0.2) is 6.29 Å². The quantitative estimate of drug-likeness (QED) is 0.313. The van der Waals surface area contributed by atoms with Gasteiger partial charge in [-0.3, -0.25) is 14.4 Å². The lowest BCUT2D eigenvalue weighted by Gasteiger charge is -2.19. The van der Waals surface area contributed by atoms with Crippen molar-refractivity contribution >= 4 is 23.4 Å². The zero-order chi connectivity index (χ0) is 22.9. The average Bonchev–Trinajstić information content (AvgIpc) is 3.11. The van der Waals surface area contributed by atoms with E-state index in [0.29, 0.717) is 18.5 Å². The molecule has 0 saturated carbocycles. The van der Waals surface area contributed by atoms with Crippen LogP contribution in [0.1, 0.15) is 70.2 Å². The fourth-order valence-electron chi connectivity index (χ4n) is 2.97. The van der Waals surface area contributed by atoms with E-state index in [1.807, 2.05) is 39.0 Å². The number of nitrogens with zero attached hydrogens (tertiary/aromatic N) is 1. The molecule has 0 amide bonds. The maximum atomic E-state index is 11.7. The Kier molecular flexibility index (Phi) is 8.73. The van der Waals surface area contributed by atoms with Crippen molar-refractivity contribution < 1.29 is 18.7 Å². The van der Waals surface area contributed by atoms with Gasteiger partial charge in [0, 0.05) is 12.0 Å². The predicted molar refractivity (Wildman–Crippen MR) is 120 cm³/mol. The number of benzene rings is 1. The van der Waals surface area contributed by atoms with E-state index in [0.717, 1.165) is 18.4 Å². The van der Waals surface area contributed by atoms with Crippen LogP contribution in [0.3, 0.4) is 0 Å². The third kappa shape index (κ3) is 7.20. The Bertz CT molecular complexity index is 1050. The SMILES string of the molecule is CCCCCCC(=O)OC(C)(C)C.O=Cc1c(-c2ccccc2)oc2nc[nH]c(=O)c12. The van der Waals surface area contributed by atoms with Crippen LogP contribution in [0.15, 0.2) is 45.9 Å². The summed E-state index contributed by atoms with van der Waals surface area (Å²) in [5.41, 5.74) is 0.414. The van der Waals surface area contributed by atoms with E-state index in [1.165, 1.54) is 19.2 Å². The number of H-pyrrole nitrogens is 1. The predicted octanol–water partition coefficient (Wildman–Crippen LogP) is 5.29. The van der Waals surface area contributed by atoms with Crippen LogP contribution in [0.4, 0.5) is 0 Å². The number of aldehydes is 1. The minimum Gasteiger partial charge on any atom is -0.460 e. The number of hydrogen-bond donors (Lipinski definition) is 1. The Hall–Kier alpha value is -3.22. The molecular weight excluding hydrogens is 396 g/mol. The summed E-state index contributed by atoms with van der Waals surface area (Å²) < 4.78 is 10.7. The Labute approximate surface area is 181 Å². The summed E-state index contributed by atoms with van der Waals surface area (Å²) in [6.07, 6.45) is 6.94. The fraction of sp³-hybridized carbons (Fsp3) is 0.417. The van der Waals surface area contributed by atoms with Crippen LogP contribution in [0.2, 0.25) is 0 Å². The standard InChI is InChI=1S/C13H8N2O3.C11H22O2/c16-6-9-10-12(17)14-7-15-13(10)18-11(9)8-4-2-1-3-5-8;1-5-6-7-8-9-10(12)13-11(2,3)4/h1-7H,(H,14,15,17);5-9H2,1-4H3. The van der Waals surface area contributed by atoms with E-state index < -0.39 is 0 Å². The maximum absolute atomic E-state index is 11.7. The number of ether oxygens (including phenoxy) is 1. The van der Waals surface area contributed by atoms with Gasteiger partial charge < -0.3 is 14.1 Å². The minimum absolute atomic E-state index is 0.0661. The first-order valence-electron chi connectivity index (χ1n) is 10.5. The number of furan rings is 1. The molecule has 0 aliphatic carbocycles. The molecular formula is C24H30N2O5. The fourth-order valence-corrected chi connectivity index (χ4v) is 2.97. The molecule has 3 rings (SSSR count). The summed E-state index contributed by atoms with van der Waals surface area (Å²) in [7, 11) is 0. The van der Waals surface area contributed by atoms with Gasteiger partial charge in [-0.1, -0.05) is 56.5 Å². The number of unbranched alkanes of at least 4 members (excludes halogenated alkanes) is 3. The molecule has 31 heavy (non-hydrogen) atoms. The van der Waals surface area contributed by atoms with Gasteiger partial charge in [0.25, 0.3) is 5.56 Å². The summed E-state index contributed by atoms with van der Waals surface area (Å²) in [4.78, 5) is 40.4. The summed E-state index contributed by atoms with van der Waals surface area (Å²) in [6, 6.07) is 9.12. The van der Waals surface area contributed by atoms with Crippen LogP contribution in [-0.2, 0) is 9.53 Å². The van der Waals surface area contributed by atoms with Crippen LogP contribution in [0, 0.1) is 0 Å². The molecule has 0 spiro atoms. The first-order chi connectivity index (χ1) is 14.8. The molecule has 0 atom stereocenters. The Balaban J connectivity index is 0.000000235. The molecule has 2 aromatic heterocycles. The van der Waals surface area contributed by atoms with Crippen molar-refractivity contribution in [1.29, 1.82) is 0 Å². The summed E-state index contributed by atoms with van der Waals surface area (Å²) in [5.74, 6) is 0.299. The second-order valence-electron chi connectivity index (χ2n) is 8.14. The molecule has 2 heterocycles. The van der Waals surface area contributed by atoms with Gasteiger partial charge in [-0.15, -0.1) is 0 Å². The van der Waals surface area contributed by atoms with Gasteiger partial charge in [0.05, 0.1) is 11.9 Å². The van der Waals surface area contributed by atoms with E-state index in [2.05, 4.69) is 16.9 Å². The first kappa shape index (κ1) is 24.1. The monoisotopic (exact) mass is 426 g/mol. The number of esters is 1. The number of carbonyl (C=O) groups is 2. The maximum Gasteiger partial charge on any atom is 0.306 e. The highest BCUT2D eigenvalue weighted by atomic mass is 16.6. The van der Waals surface area contributed by atoms with Crippen molar-refractivity contribution in [2.75, 3.05) is 0 Å². The molecule has 0 aliphatic rings. The molecule has 0 bridgehead atoms. The minimum atomic E-state index is -0.381. The molecule has 0 saturated heterocycles. The second kappa shape index (κ2) is 11.2. The molecule has 0 aliphatic heterocycles. The number of fused-ring (bicyclic) bond motifs is 1. The van der Waals surface area contributed by atoms with Gasteiger partial charge in [-0.2, -0.15) is 0 Å². The number of aromatic nitrogens is 2. The normalized spacial score (nSPS) is 11.0. The molecule has 7 nitrogen and oxygen atoms in total. The average molecular weight is 427 g/mol. The van der Waals surface area contributed by atoms with Crippen LogP contribution < -0.4 is 5.56 Å². The molecule has 0 radical (unpaired) electrons. The van der Waals surface area contributed by atoms with Crippen molar-refractivity contribution in [2.45, 2.75) is 65.4 Å². The van der Waals surface area contributed by atoms with E-state index >= 15 is 0 Å². The summed E-state index contributed by atoms with van der Waals surface area (Å²) in [5, 5.41) is 0.186. The number of rotatable bonds is 7. The van der Waals surface area contributed by atoms with Crippen molar-refractivity contribution in [3.63, 3.8) is 0 Å². The van der Waals surface area contributed by atoms with Crippen molar-refractivity contribution in [3.8, 4) is 11.3 Å². The van der Waals surface area contributed by atoms with Gasteiger partial charge in [-0.25, -0.2) is 4.98 Å². The molecule has 7 heteroatoms. The van der Waals surface area contributed by atoms with Crippen molar-refractivity contribution in [2.24, 2.45) is 0 Å². The number of hydrogen-bond acceptors (Lipinski definition) is 6. The van der Waals surface area contributed by atoms with Crippen LogP contribution in [0.5, 0.6) is 0 Å². The number of nitrogens with one attached hydrogen (secondary N) is 1. The van der Waals surface area contributed by atoms with Gasteiger partial charge >= 0.3 is 5.97 Å². The molecule has 166 valence electrons. The third-order valence-corrected chi connectivity index (χ3v) is 4.34. The van der Waals surface area contributed by atoms with Gasteiger partial charge in [0.2, 0.25) is 5.71 Å². The molecule has 0 fully saturated rings. The lowest BCUT2D eigenvalue weighted by Crippen LogP contribution is -2.23. The highest BCUT2D eigenvalue weighted by Gasteiger charge is 2.18. The highest BCUT2D eigenvalue weighted by Crippen LogP contribution is 2.29. The van der Waals surface area contributed by atoms with Crippen LogP contribution >= 0.6 is 0 Å². The Morgan fingerprint density at radius 2 is 1.87 bits per heavy atom. The zero-order valence-electron chi connectivity index (χ0n) is 18.6. The molecule has 3 aromatic rings. The largest absolute Gasteiger partial charge is 0.460 e. The number of carbonyl (C=O) groups excluding carboxylic acids is 2. The summed E-state index contributed by atoms with van der Waals surface area (Å²) in [6.45, 7) is 7.86. The zero-order valence-corrected chi connectivity index (χ0v) is 18.6. The smallest absolute Gasteiger partial charge is 0.306 e. The van der Waals surface area contributed by atoms with Crippen LogP contribution in [-0.4, -0.2) is 27.8 Å². The van der Waals surface area contributed by atoms with E-state index in [4.69, 9.17) is 9.15 Å². The van der Waals surface area contributed by atoms with E-state index in [-0.39, 0.29) is 33.8 Å². The second-order valence-corrected chi connectivity index (χ2v) is 8.14. The Morgan fingerprint density at radius 1 is 1.16 bits per heavy atom. The number of aromatic amines is 1. The van der Waals surface area contributed by atoms with Crippen molar-refractivity contribution in [1.82, 2.24) is 9.97 Å². The lowest BCUT2D eigenvalue weighted by molar-refractivity contribution is -0.154. The van der Waals surface area contributed by atoms with E-state index in [9.17, 15) is 14.4 Å². The molecule has 1 N–H and O–H groups in total. The topological polar surface area (TPSA) is 102 Å². The third-order valence-electron chi connectivity index (χ3n) is 4.34. The summed E-state index contributed by atoms with van der Waals surface area (Å²) >= 11 is 0. The van der Waals surface area contributed by atoms with Gasteiger partial charge in [0.1, 0.15) is 16.7 Å². The first-order valence-corrected chi connectivity index (χ1v) is 10.5.